The number of hydrogen-bond acceptors (Lipinski definition) is 4. The van der Waals surface area contributed by atoms with Crippen molar-refractivity contribution in [3.8, 4) is 5.75 Å². The number of rotatable bonds is 8. The standard InChI is InChI=1S/C26H24ClN3O4/c27-20-8-6-18(7-9-20)15-28-26(33)19-14-25(32)30(16-19)22-10-12-23(13-11-22)34-17-24(31)29-21-4-2-1-3-5-21/h1-13,19H,14-17H2,(H,28,33)(H,29,31)/t19-/m1/s1. The van der Waals surface area contributed by atoms with Crippen molar-refractivity contribution in [1.82, 2.24) is 5.32 Å². The molecule has 8 heteroatoms. The normalized spacial score (nSPS) is 15.1. The van der Waals surface area contributed by atoms with E-state index in [0.29, 0.717) is 35.2 Å². The number of hydrogen-bond donors (Lipinski definition) is 2. The Labute approximate surface area is 202 Å². The van der Waals surface area contributed by atoms with Gasteiger partial charge in [-0.3, -0.25) is 14.4 Å². The highest BCUT2D eigenvalue weighted by atomic mass is 35.5. The van der Waals surface area contributed by atoms with Crippen LogP contribution in [0.4, 0.5) is 11.4 Å². The molecule has 1 atom stereocenters. The molecule has 1 aliphatic rings. The molecule has 3 amide bonds. The molecule has 0 spiro atoms. The average Bonchev–Trinajstić information content (AvgIpc) is 3.25. The highest BCUT2D eigenvalue weighted by Crippen LogP contribution is 2.27. The monoisotopic (exact) mass is 477 g/mol. The number of amides is 3. The first-order valence-electron chi connectivity index (χ1n) is 10.9. The fourth-order valence-electron chi connectivity index (χ4n) is 3.66. The number of nitrogens with one attached hydrogen (secondary N) is 2. The van der Waals surface area contributed by atoms with Gasteiger partial charge in [-0.1, -0.05) is 41.9 Å². The van der Waals surface area contributed by atoms with Crippen molar-refractivity contribution in [1.29, 1.82) is 0 Å². The third-order valence-electron chi connectivity index (χ3n) is 5.45. The van der Waals surface area contributed by atoms with Gasteiger partial charge in [0.15, 0.2) is 6.61 Å². The Morgan fingerprint density at radius 2 is 1.68 bits per heavy atom. The molecule has 0 saturated carbocycles. The number of anilines is 2. The summed E-state index contributed by atoms with van der Waals surface area (Å²) in [6.07, 6.45) is 0.157. The van der Waals surface area contributed by atoms with Gasteiger partial charge in [-0.05, 0) is 54.1 Å². The molecule has 3 aromatic carbocycles. The van der Waals surface area contributed by atoms with E-state index in [4.69, 9.17) is 16.3 Å². The van der Waals surface area contributed by atoms with Crippen LogP contribution in [0.25, 0.3) is 0 Å². The molecule has 1 heterocycles. The predicted molar refractivity (Wildman–Crippen MR) is 131 cm³/mol. The number of carbonyl (C=O) groups excluding carboxylic acids is 3. The maximum atomic E-state index is 12.6. The fourth-order valence-corrected chi connectivity index (χ4v) is 3.78. The molecule has 0 aromatic heterocycles. The molecule has 1 fully saturated rings. The lowest BCUT2D eigenvalue weighted by Crippen LogP contribution is -2.32. The van der Waals surface area contributed by atoms with Crippen molar-refractivity contribution < 1.29 is 19.1 Å². The van der Waals surface area contributed by atoms with E-state index in [1.165, 1.54) is 0 Å². The second-order valence-corrected chi connectivity index (χ2v) is 8.38. The number of ether oxygens (including phenoxy) is 1. The molecule has 1 saturated heterocycles. The summed E-state index contributed by atoms with van der Waals surface area (Å²) in [5.74, 6) is -0.441. The van der Waals surface area contributed by atoms with Crippen molar-refractivity contribution in [3.05, 3.63) is 89.4 Å². The van der Waals surface area contributed by atoms with E-state index in [9.17, 15) is 14.4 Å². The van der Waals surface area contributed by atoms with Crippen molar-refractivity contribution in [2.75, 3.05) is 23.4 Å². The maximum Gasteiger partial charge on any atom is 0.262 e. The van der Waals surface area contributed by atoms with Crippen LogP contribution in [0.15, 0.2) is 78.9 Å². The van der Waals surface area contributed by atoms with Gasteiger partial charge in [-0.25, -0.2) is 0 Å². The molecular formula is C26H24ClN3O4. The first-order valence-corrected chi connectivity index (χ1v) is 11.3. The van der Waals surface area contributed by atoms with Crippen molar-refractivity contribution in [3.63, 3.8) is 0 Å². The van der Waals surface area contributed by atoms with Crippen LogP contribution in [-0.4, -0.2) is 30.9 Å². The maximum absolute atomic E-state index is 12.6. The summed E-state index contributed by atoms with van der Waals surface area (Å²) in [7, 11) is 0. The van der Waals surface area contributed by atoms with Gasteiger partial charge in [-0.2, -0.15) is 0 Å². The molecule has 4 rings (SSSR count). The van der Waals surface area contributed by atoms with Crippen LogP contribution >= 0.6 is 11.6 Å². The predicted octanol–water partition coefficient (Wildman–Crippen LogP) is 4.03. The molecule has 1 aliphatic heterocycles. The first kappa shape index (κ1) is 23.3. The first-order chi connectivity index (χ1) is 16.5. The summed E-state index contributed by atoms with van der Waals surface area (Å²) >= 11 is 5.88. The minimum Gasteiger partial charge on any atom is -0.484 e. The largest absolute Gasteiger partial charge is 0.484 e. The Kier molecular flexibility index (Phi) is 7.44. The third-order valence-corrected chi connectivity index (χ3v) is 5.70. The van der Waals surface area contributed by atoms with E-state index in [1.54, 1.807) is 53.4 Å². The van der Waals surface area contributed by atoms with E-state index < -0.39 is 5.92 Å². The smallest absolute Gasteiger partial charge is 0.262 e. The Morgan fingerprint density at radius 1 is 0.971 bits per heavy atom. The highest BCUT2D eigenvalue weighted by molar-refractivity contribution is 6.30. The zero-order chi connectivity index (χ0) is 23.9. The number of carbonyl (C=O) groups is 3. The average molecular weight is 478 g/mol. The lowest BCUT2D eigenvalue weighted by atomic mass is 10.1. The quantitative estimate of drug-likeness (QED) is 0.513. The molecular weight excluding hydrogens is 454 g/mol. The van der Waals surface area contributed by atoms with E-state index in [-0.39, 0.29) is 30.7 Å². The lowest BCUT2D eigenvalue weighted by molar-refractivity contribution is -0.126. The number of halogens is 1. The van der Waals surface area contributed by atoms with Gasteiger partial charge in [0.2, 0.25) is 11.8 Å². The van der Waals surface area contributed by atoms with Crippen LogP contribution in [-0.2, 0) is 20.9 Å². The Balaban J connectivity index is 1.26. The molecule has 2 N–H and O–H groups in total. The Morgan fingerprint density at radius 3 is 2.38 bits per heavy atom. The van der Waals surface area contributed by atoms with Gasteiger partial charge in [0, 0.05) is 35.9 Å². The van der Waals surface area contributed by atoms with Crippen molar-refractivity contribution in [2.45, 2.75) is 13.0 Å². The van der Waals surface area contributed by atoms with E-state index in [0.717, 1.165) is 5.56 Å². The Hall–Kier alpha value is -3.84. The SMILES string of the molecule is O=C(COc1ccc(N2C[C@H](C(=O)NCc3ccc(Cl)cc3)CC2=O)cc1)Nc1ccccc1. The molecule has 0 unspecified atom stereocenters. The van der Waals surface area contributed by atoms with Crippen LogP contribution in [0.3, 0.4) is 0 Å². The zero-order valence-electron chi connectivity index (χ0n) is 18.4. The number of nitrogens with zero attached hydrogens (tertiary/aromatic N) is 1. The minimum atomic E-state index is -0.419. The van der Waals surface area contributed by atoms with Crippen LogP contribution < -0.4 is 20.3 Å². The van der Waals surface area contributed by atoms with Crippen LogP contribution in [0, 0.1) is 5.92 Å². The van der Waals surface area contributed by atoms with Crippen LogP contribution in [0.2, 0.25) is 5.02 Å². The highest BCUT2D eigenvalue weighted by Gasteiger charge is 2.35. The Bertz CT molecular complexity index is 1150. The lowest BCUT2D eigenvalue weighted by Gasteiger charge is -2.17. The summed E-state index contributed by atoms with van der Waals surface area (Å²) in [5.41, 5.74) is 2.32. The molecule has 0 aliphatic carbocycles. The number of para-hydroxylation sites is 1. The minimum absolute atomic E-state index is 0.109. The molecule has 174 valence electrons. The summed E-state index contributed by atoms with van der Waals surface area (Å²) in [5, 5.41) is 6.28. The third kappa shape index (κ3) is 6.14. The van der Waals surface area contributed by atoms with Gasteiger partial charge < -0.3 is 20.3 Å². The zero-order valence-corrected chi connectivity index (χ0v) is 19.1. The van der Waals surface area contributed by atoms with Crippen molar-refractivity contribution >= 4 is 40.7 Å². The van der Waals surface area contributed by atoms with Crippen LogP contribution in [0.1, 0.15) is 12.0 Å². The molecule has 0 bridgehead atoms. The van der Waals surface area contributed by atoms with E-state index in [2.05, 4.69) is 10.6 Å². The molecule has 34 heavy (non-hydrogen) atoms. The van der Waals surface area contributed by atoms with Gasteiger partial charge in [0.1, 0.15) is 5.75 Å². The molecule has 3 aromatic rings. The summed E-state index contributed by atoms with van der Waals surface area (Å²) in [6.45, 7) is 0.558. The van der Waals surface area contributed by atoms with E-state index in [1.807, 2.05) is 30.3 Å². The van der Waals surface area contributed by atoms with Crippen LogP contribution in [0.5, 0.6) is 5.75 Å². The second kappa shape index (κ2) is 10.9. The van der Waals surface area contributed by atoms with Gasteiger partial charge in [0.25, 0.3) is 5.91 Å². The van der Waals surface area contributed by atoms with Gasteiger partial charge >= 0.3 is 0 Å². The summed E-state index contributed by atoms with van der Waals surface area (Å²) in [4.78, 5) is 38.7. The molecule has 7 nitrogen and oxygen atoms in total. The topological polar surface area (TPSA) is 87.7 Å². The number of benzene rings is 3. The summed E-state index contributed by atoms with van der Waals surface area (Å²) in [6, 6.07) is 23.3. The molecule has 0 radical (unpaired) electrons. The van der Waals surface area contributed by atoms with Gasteiger partial charge in [-0.15, -0.1) is 0 Å². The van der Waals surface area contributed by atoms with E-state index >= 15 is 0 Å². The van der Waals surface area contributed by atoms with Gasteiger partial charge in [0.05, 0.1) is 5.92 Å². The fraction of sp³-hybridized carbons (Fsp3) is 0.192. The van der Waals surface area contributed by atoms with Crippen molar-refractivity contribution in [2.24, 2.45) is 5.92 Å². The second-order valence-electron chi connectivity index (χ2n) is 7.95. The summed E-state index contributed by atoms with van der Waals surface area (Å²) < 4.78 is 5.54.